The lowest BCUT2D eigenvalue weighted by Crippen LogP contribution is -2.15. The van der Waals surface area contributed by atoms with Crippen LogP contribution in [0.25, 0.3) is 0 Å². The standard InChI is InChI=1S/C18H14N2O3/c1-11-16(12-6-4-3-5-7-12)20-17(19-11)13-8-9-15(21)14(10-13)18(22)23-2/h3-10H,1-2H3/b17-13-. The average Bonchev–Trinajstić information content (AvgIpc) is 2.97. The SMILES string of the molecule is COC(=O)C1=C/C(=C2/N=C(C)C(c3ccccc3)=N2)C=CC1=O. The number of allylic oxidation sites excluding steroid dienone is 4. The fourth-order valence-corrected chi connectivity index (χ4v) is 2.36. The third-order valence-corrected chi connectivity index (χ3v) is 3.52. The normalized spacial score (nSPS) is 20.1. The van der Waals surface area contributed by atoms with Crippen molar-refractivity contribution in [2.24, 2.45) is 9.98 Å². The van der Waals surface area contributed by atoms with E-state index in [0.29, 0.717) is 11.4 Å². The molecule has 5 heteroatoms. The molecule has 3 rings (SSSR count). The van der Waals surface area contributed by atoms with Gasteiger partial charge in [0, 0.05) is 11.1 Å². The molecule has 2 aliphatic rings. The molecule has 0 radical (unpaired) electrons. The van der Waals surface area contributed by atoms with Gasteiger partial charge in [0.1, 0.15) is 5.57 Å². The summed E-state index contributed by atoms with van der Waals surface area (Å²) in [7, 11) is 1.24. The Morgan fingerprint density at radius 1 is 1.09 bits per heavy atom. The molecule has 23 heavy (non-hydrogen) atoms. The molecule has 0 saturated carbocycles. The van der Waals surface area contributed by atoms with Crippen LogP contribution < -0.4 is 0 Å². The topological polar surface area (TPSA) is 68.1 Å². The van der Waals surface area contributed by atoms with E-state index in [1.807, 2.05) is 37.3 Å². The highest BCUT2D eigenvalue weighted by Gasteiger charge is 2.23. The predicted octanol–water partition coefficient (Wildman–Crippen LogP) is 2.40. The Labute approximate surface area is 133 Å². The van der Waals surface area contributed by atoms with Crippen molar-refractivity contribution in [3.05, 3.63) is 71.1 Å². The van der Waals surface area contributed by atoms with Gasteiger partial charge in [0.25, 0.3) is 0 Å². The Hall–Kier alpha value is -3.08. The number of methoxy groups -OCH3 is 1. The number of hydrogen-bond donors (Lipinski definition) is 0. The second kappa shape index (κ2) is 5.96. The number of carbonyl (C=O) groups is 2. The van der Waals surface area contributed by atoms with Crippen molar-refractivity contribution in [2.45, 2.75) is 6.92 Å². The minimum Gasteiger partial charge on any atom is -0.465 e. The summed E-state index contributed by atoms with van der Waals surface area (Å²) in [5.41, 5.74) is 3.13. The number of hydrogen-bond acceptors (Lipinski definition) is 5. The summed E-state index contributed by atoms with van der Waals surface area (Å²) in [5.74, 6) is -0.568. The third kappa shape index (κ3) is 2.81. The fraction of sp³-hybridized carbons (Fsp3) is 0.111. The van der Waals surface area contributed by atoms with Crippen LogP contribution in [-0.4, -0.2) is 30.3 Å². The highest BCUT2D eigenvalue weighted by atomic mass is 16.5. The van der Waals surface area contributed by atoms with E-state index in [1.54, 1.807) is 6.08 Å². The van der Waals surface area contributed by atoms with E-state index in [2.05, 4.69) is 14.7 Å². The Bertz CT molecular complexity index is 840. The first-order valence-electron chi connectivity index (χ1n) is 7.06. The minimum atomic E-state index is -0.664. The molecule has 0 amide bonds. The fourth-order valence-electron chi connectivity index (χ4n) is 2.36. The second-order valence-corrected chi connectivity index (χ2v) is 5.05. The van der Waals surface area contributed by atoms with Gasteiger partial charge in [-0.2, -0.15) is 0 Å². The van der Waals surface area contributed by atoms with E-state index in [1.165, 1.54) is 19.3 Å². The van der Waals surface area contributed by atoms with Crippen LogP contribution >= 0.6 is 0 Å². The van der Waals surface area contributed by atoms with Gasteiger partial charge in [0.05, 0.1) is 18.5 Å². The number of esters is 1. The first-order valence-corrected chi connectivity index (χ1v) is 7.06. The molecule has 1 aromatic rings. The van der Waals surface area contributed by atoms with Crippen molar-refractivity contribution in [3.63, 3.8) is 0 Å². The summed E-state index contributed by atoms with van der Waals surface area (Å²) in [4.78, 5) is 32.4. The van der Waals surface area contributed by atoms with Gasteiger partial charge in [-0.25, -0.2) is 14.8 Å². The number of benzene rings is 1. The monoisotopic (exact) mass is 306 g/mol. The van der Waals surface area contributed by atoms with Crippen LogP contribution in [0.5, 0.6) is 0 Å². The maximum atomic E-state index is 11.8. The molecule has 1 aliphatic heterocycles. The van der Waals surface area contributed by atoms with Crippen LogP contribution in [-0.2, 0) is 14.3 Å². The summed E-state index contributed by atoms with van der Waals surface area (Å²) < 4.78 is 4.63. The highest BCUT2D eigenvalue weighted by Crippen LogP contribution is 2.24. The molecule has 1 heterocycles. The van der Waals surface area contributed by atoms with E-state index >= 15 is 0 Å². The lowest BCUT2D eigenvalue weighted by atomic mass is 10.0. The molecule has 0 saturated heterocycles. The number of nitrogens with zero attached hydrogens (tertiary/aromatic N) is 2. The summed E-state index contributed by atoms with van der Waals surface area (Å²) in [5, 5.41) is 0. The van der Waals surface area contributed by atoms with Gasteiger partial charge in [-0.3, -0.25) is 4.79 Å². The summed E-state index contributed by atoms with van der Waals surface area (Å²) in [6.07, 6.45) is 4.41. The van der Waals surface area contributed by atoms with Gasteiger partial charge < -0.3 is 4.74 Å². The van der Waals surface area contributed by atoms with E-state index < -0.39 is 5.97 Å². The van der Waals surface area contributed by atoms with E-state index in [-0.39, 0.29) is 11.4 Å². The van der Waals surface area contributed by atoms with Gasteiger partial charge in [0.2, 0.25) is 0 Å². The zero-order valence-electron chi connectivity index (χ0n) is 12.7. The average molecular weight is 306 g/mol. The molecule has 0 fully saturated rings. The number of rotatable bonds is 2. The Morgan fingerprint density at radius 3 is 2.52 bits per heavy atom. The zero-order valence-corrected chi connectivity index (χ0v) is 12.7. The van der Waals surface area contributed by atoms with Gasteiger partial charge >= 0.3 is 5.97 Å². The van der Waals surface area contributed by atoms with Crippen LogP contribution in [0.1, 0.15) is 12.5 Å². The van der Waals surface area contributed by atoms with Crippen molar-refractivity contribution in [1.82, 2.24) is 0 Å². The van der Waals surface area contributed by atoms with Gasteiger partial charge in [-0.15, -0.1) is 0 Å². The van der Waals surface area contributed by atoms with E-state index in [4.69, 9.17) is 0 Å². The van der Waals surface area contributed by atoms with Crippen molar-refractivity contribution in [1.29, 1.82) is 0 Å². The molecule has 0 spiro atoms. The summed E-state index contributed by atoms with van der Waals surface area (Å²) >= 11 is 0. The van der Waals surface area contributed by atoms with Gasteiger partial charge in [0.15, 0.2) is 11.6 Å². The molecular weight excluding hydrogens is 292 g/mol. The molecule has 0 aromatic heterocycles. The highest BCUT2D eigenvalue weighted by molar-refractivity contribution is 6.49. The molecule has 1 aromatic carbocycles. The number of carbonyl (C=O) groups excluding carboxylic acids is 2. The lowest BCUT2D eigenvalue weighted by Gasteiger charge is -2.07. The first-order chi connectivity index (χ1) is 11.1. The lowest BCUT2D eigenvalue weighted by molar-refractivity contribution is -0.137. The maximum Gasteiger partial charge on any atom is 0.341 e. The molecule has 0 N–H and O–H groups in total. The molecule has 114 valence electrons. The quantitative estimate of drug-likeness (QED) is 0.622. The molecule has 1 aliphatic carbocycles. The van der Waals surface area contributed by atoms with Crippen LogP contribution in [0.4, 0.5) is 0 Å². The number of ether oxygens (including phenoxy) is 1. The summed E-state index contributed by atoms with van der Waals surface area (Å²) in [6, 6.07) is 9.73. The Balaban J connectivity index is 2.05. The number of ketones is 1. The van der Waals surface area contributed by atoms with Crippen LogP contribution in [0, 0.1) is 0 Å². The van der Waals surface area contributed by atoms with Crippen LogP contribution in [0.2, 0.25) is 0 Å². The smallest absolute Gasteiger partial charge is 0.341 e. The van der Waals surface area contributed by atoms with Crippen molar-refractivity contribution < 1.29 is 14.3 Å². The maximum absolute atomic E-state index is 11.8. The Kier molecular flexibility index (Phi) is 3.85. The molecule has 0 unspecified atom stereocenters. The molecule has 5 nitrogen and oxygen atoms in total. The molecule has 0 atom stereocenters. The van der Waals surface area contributed by atoms with Crippen molar-refractivity contribution in [3.8, 4) is 0 Å². The van der Waals surface area contributed by atoms with E-state index in [9.17, 15) is 9.59 Å². The van der Waals surface area contributed by atoms with E-state index in [0.717, 1.165) is 17.0 Å². The molecule has 0 bridgehead atoms. The minimum absolute atomic E-state index is 0.0197. The summed E-state index contributed by atoms with van der Waals surface area (Å²) in [6.45, 7) is 1.88. The van der Waals surface area contributed by atoms with Gasteiger partial charge in [-0.05, 0) is 25.2 Å². The first kappa shape index (κ1) is 14.8. The van der Waals surface area contributed by atoms with Gasteiger partial charge in [-0.1, -0.05) is 30.3 Å². The molecular formula is C18H14N2O3. The van der Waals surface area contributed by atoms with Crippen molar-refractivity contribution >= 4 is 23.2 Å². The second-order valence-electron chi connectivity index (χ2n) is 5.05. The largest absolute Gasteiger partial charge is 0.465 e. The van der Waals surface area contributed by atoms with Crippen molar-refractivity contribution in [2.75, 3.05) is 7.11 Å². The third-order valence-electron chi connectivity index (χ3n) is 3.52. The number of aliphatic imine (C=N–C) groups is 2. The predicted molar refractivity (Wildman–Crippen MR) is 87.4 cm³/mol. The zero-order chi connectivity index (χ0) is 16.4. The van der Waals surface area contributed by atoms with Crippen LogP contribution in [0.3, 0.4) is 0 Å². The van der Waals surface area contributed by atoms with Crippen LogP contribution in [0.15, 0.2) is 75.5 Å². The Morgan fingerprint density at radius 2 is 1.83 bits per heavy atom.